The van der Waals surface area contributed by atoms with Crippen LogP contribution in [0.4, 0.5) is 0 Å². The average Bonchev–Trinajstić information content (AvgIpc) is 3.34. The Bertz CT molecular complexity index is 1920. The lowest BCUT2D eigenvalue weighted by Crippen LogP contribution is -2.29. The Morgan fingerprint density at radius 1 is 0.763 bits per heavy atom. The third-order valence-corrected chi connectivity index (χ3v) is 8.65. The quantitative estimate of drug-likeness (QED) is 0.206. The molecule has 0 unspecified atom stereocenters. The molecule has 1 aromatic heterocycles. The maximum Gasteiger partial charge on any atom is 0.0430 e. The predicted octanol–water partition coefficient (Wildman–Crippen LogP) is 9.99. The van der Waals surface area contributed by atoms with E-state index in [-0.39, 0.29) is 0 Å². The van der Waals surface area contributed by atoms with Gasteiger partial charge in [-0.1, -0.05) is 97.6 Å². The first-order chi connectivity index (χ1) is 18.6. The number of hydrogen-bond donors (Lipinski definition) is 0. The highest BCUT2D eigenvalue weighted by atomic mass is 32.1. The molecular formula is C37H34S. The molecule has 188 valence electrons. The molecular weight excluding hydrogens is 476 g/mol. The third-order valence-electron chi connectivity index (χ3n) is 7.43. The van der Waals surface area contributed by atoms with Crippen LogP contribution in [0.25, 0.3) is 66.4 Å². The van der Waals surface area contributed by atoms with Gasteiger partial charge in [-0.15, -0.1) is 11.3 Å². The number of rotatable bonds is 5. The highest BCUT2D eigenvalue weighted by molar-refractivity contribution is 7.26. The maximum atomic E-state index is 4.16. The Morgan fingerprint density at radius 2 is 1.53 bits per heavy atom. The zero-order valence-corrected chi connectivity index (χ0v) is 23.7. The van der Waals surface area contributed by atoms with Crippen molar-refractivity contribution in [3.63, 3.8) is 0 Å². The molecule has 4 aromatic carbocycles. The normalized spacial score (nSPS) is 14.0. The van der Waals surface area contributed by atoms with Gasteiger partial charge in [0.2, 0.25) is 0 Å². The Balaban J connectivity index is 1.71. The Kier molecular flexibility index (Phi) is 7.31. The minimum absolute atomic E-state index is 1.19. The lowest BCUT2D eigenvalue weighted by Gasteiger charge is -2.13. The molecule has 0 aliphatic carbocycles. The van der Waals surface area contributed by atoms with E-state index in [1.165, 1.54) is 74.8 Å². The van der Waals surface area contributed by atoms with E-state index in [0.717, 1.165) is 0 Å². The lowest BCUT2D eigenvalue weighted by atomic mass is 9.90. The van der Waals surface area contributed by atoms with Crippen molar-refractivity contribution < 1.29 is 0 Å². The van der Waals surface area contributed by atoms with E-state index in [0.29, 0.717) is 0 Å². The SMILES string of the molecule is C=Cc1c(/C=C\C)c2cc(C(=C/C)/C=C(\C)c3cccc4c3sc3ccccc34)ccc2c(=C/C)/c1=C\C. The summed E-state index contributed by atoms with van der Waals surface area (Å²) in [6, 6.07) is 22.3. The summed E-state index contributed by atoms with van der Waals surface area (Å²) in [5.41, 5.74) is 7.44. The van der Waals surface area contributed by atoms with Gasteiger partial charge in [-0.05, 0) is 101 Å². The van der Waals surface area contributed by atoms with Gasteiger partial charge in [0.05, 0.1) is 0 Å². The minimum Gasteiger partial charge on any atom is -0.135 e. The Morgan fingerprint density at radius 3 is 2.24 bits per heavy atom. The van der Waals surface area contributed by atoms with E-state index >= 15 is 0 Å². The second-order valence-electron chi connectivity index (χ2n) is 9.55. The molecule has 0 aliphatic rings. The molecule has 0 atom stereocenters. The highest BCUT2D eigenvalue weighted by Gasteiger charge is 2.12. The maximum absolute atomic E-state index is 4.16. The van der Waals surface area contributed by atoms with E-state index in [1.807, 2.05) is 17.4 Å². The van der Waals surface area contributed by atoms with Crippen molar-refractivity contribution in [3.05, 3.63) is 118 Å². The molecule has 0 aliphatic heterocycles. The molecule has 1 heteroatoms. The van der Waals surface area contributed by atoms with Gasteiger partial charge in [-0.25, -0.2) is 0 Å². The van der Waals surface area contributed by atoms with Crippen LogP contribution < -0.4 is 10.4 Å². The molecule has 0 saturated heterocycles. The van der Waals surface area contributed by atoms with Crippen molar-refractivity contribution in [2.75, 3.05) is 0 Å². The molecule has 0 spiro atoms. The summed E-state index contributed by atoms with van der Waals surface area (Å²) in [4.78, 5) is 0. The van der Waals surface area contributed by atoms with Crippen LogP contribution in [0, 0.1) is 0 Å². The molecule has 38 heavy (non-hydrogen) atoms. The molecule has 1 heterocycles. The first-order valence-corrected chi connectivity index (χ1v) is 14.1. The van der Waals surface area contributed by atoms with Gasteiger partial charge in [0.1, 0.15) is 0 Å². The number of hydrogen-bond acceptors (Lipinski definition) is 1. The summed E-state index contributed by atoms with van der Waals surface area (Å²) in [7, 11) is 0. The van der Waals surface area contributed by atoms with Crippen LogP contribution in [0.5, 0.6) is 0 Å². The monoisotopic (exact) mass is 510 g/mol. The summed E-state index contributed by atoms with van der Waals surface area (Å²) < 4.78 is 2.69. The van der Waals surface area contributed by atoms with Gasteiger partial charge in [0.15, 0.2) is 0 Å². The van der Waals surface area contributed by atoms with Gasteiger partial charge in [-0.2, -0.15) is 0 Å². The number of thiophene rings is 1. The van der Waals surface area contributed by atoms with E-state index in [4.69, 9.17) is 0 Å². The van der Waals surface area contributed by atoms with Crippen molar-refractivity contribution in [2.24, 2.45) is 0 Å². The number of benzene rings is 4. The van der Waals surface area contributed by atoms with Crippen molar-refractivity contribution in [3.8, 4) is 0 Å². The van der Waals surface area contributed by atoms with Crippen LogP contribution in [-0.2, 0) is 0 Å². The van der Waals surface area contributed by atoms with Gasteiger partial charge in [-0.3, -0.25) is 0 Å². The first-order valence-electron chi connectivity index (χ1n) is 13.3. The lowest BCUT2D eigenvalue weighted by molar-refractivity contribution is 1.49. The smallest absolute Gasteiger partial charge is 0.0430 e. The molecule has 0 N–H and O–H groups in total. The molecule has 0 radical (unpaired) electrons. The fourth-order valence-electron chi connectivity index (χ4n) is 5.65. The van der Waals surface area contributed by atoms with Crippen LogP contribution in [0.3, 0.4) is 0 Å². The standard InChI is InChI=1S/C37H34S/c1-7-15-31-28(10-4)27(9-3)29(11-5)32-21-20-26(23-35(31)32)25(8-2)22-24(6)30-17-14-18-34-33-16-12-13-19-36(33)38-37(30)34/h7-23H,4H2,1-3,5-6H3/b15-7-,24-22+,25-8+,27-9-,29-11+. The molecule has 5 rings (SSSR count). The van der Waals surface area contributed by atoms with Crippen molar-refractivity contribution in [1.82, 2.24) is 0 Å². The fraction of sp³-hybridized carbons (Fsp3) is 0.135. The summed E-state index contributed by atoms with van der Waals surface area (Å²) >= 11 is 1.88. The number of allylic oxidation sites excluding steroid dienone is 5. The summed E-state index contributed by atoms with van der Waals surface area (Å²) in [6.45, 7) is 14.8. The van der Waals surface area contributed by atoms with Crippen LogP contribution >= 0.6 is 11.3 Å². The minimum atomic E-state index is 1.19. The number of fused-ring (bicyclic) bond motifs is 4. The van der Waals surface area contributed by atoms with Crippen LogP contribution in [0.15, 0.2) is 85.5 Å². The molecule has 0 saturated carbocycles. The Labute approximate surface area is 230 Å². The molecule has 0 fully saturated rings. The second kappa shape index (κ2) is 10.8. The largest absolute Gasteiger partial charge is 0.135 e. The molecule has 0 amide bonds. The van der Waals surface area contributed by atoms with Gasteiger partial charge >= 0.3 is 0 Å². The summed E-state index contributed by atoms with van der Waals surface area (Å²) in [5, 5.41) is 7.71. The second-order valence-corrected chi connectivity index (χ2v) is 10.6. The first kappa shape index (κ1) is 25.7. The van der Waals surface area contributed by atoms with Crippen LogP contribution in [0.1, 0.15) is 56.9 Å². The van der Waals surface area contributed by atoms with Gasteiger partial charge in [0.25, 0.3) is 0 Å². The van der Waals surface area contributed by atoms with Crippen molar-refractivity contribution >= 4 is 77.7 Å². The summed E-state index contributed by atoms with van der Waals surface area (Å²) in [6.07, 6.45) is 15.3. The molecule has 5 aromatic rings. The van der Waals surface area contributed by atoms with Gasteiger partial charge < -0.3 is 0 Å². The predicted molar refractivity (Wildman–Crippen MR) is 175 cm³/mol. The average molecular weight is 511 g/mol. The third kappa shape index (κ3) is 4.27. The van der Waals surface area contributed by atoms with E-state index < -0.39 is 0 Å². The molecule has 0 nitrogen and oxygen atoms in total. The fourth-order valence-corrected chi connectivity index (χ4v) is 6.93. The van der Waals surface area contributed by atoms with E-state index in [9.17, 15) is 0 Å². The topological polar surface area (TPSA) is 0 Å². The van der Waals surface area contributed by atoms with Gasteiger partial charge in [0, 0.05) is 20.2 Å². The Hall–Kier alpha value is -3.94. The van der Waals surface area contributed by atoms with E-state index in [1.54, 1.807) is 0 Å². The van der Waals surface area contributed by atoms with Crippen molar-refractivity contribution in [2.45, 2.75) is 34.6 Å². The van der Waals surface area contributed by atoms with Crippen molar-refractivity contribution in [1.29, 1.82) is 0 Å². The highest BCUT2D eigenvalue weighted by Crippen LogP contribution is 2.38. The molecule has 0 bridgehead atoms. The van der Waals surface area contributed by atoms with Crippen LogP contribution in [-0.4, -0.2) is 0 Å². The van der Waals surface area contributed by atoms with E-state index in [2.05, 4.69) is 138 Å². The zero-order valence-electron chi connectivity index (χ0n) is 22.9. The summed E-state index contributed by atoms with van der Waals surface area (Å²) in [5.74, 6) is 0. The van der Waals surface area contributed by atoms with Crippen LogP contribution in [0.2, 0.25) is 0 Å². The zero-order chi connectivity index (χ0) is 26.8.